The van der Waals surface area contributed by atoms with Crippen molar-refractivity contribution in [3.63, 3.8) is 0 Å². The van der Waals surface area contributed by atoms with Gasteiger partial charge < -0.3 is 9.47 Å². The molecule has 0 aliphatic heterocycles. The highest BCUT2D eigenvalue weighted by molar-refractivity contribution is 5.80. The van der Waals surface area contributed by atoms with E-state index in [1.54, 1.807) is 13.8 Å². The van der Waals surface area contributed by atoms with Crippen LogP contribution in [0.25, 0.3) is 0 Å². The number of esters is 1. The molecule has 0 heterocycles. The van der Waals surface area contributed by atoms with E-state index in [-0.39, 0.29) is 12.5 Å². The lowest BCUT2D eigenvalue weighted by Gasteiger charge is -2.32. The second kappa shape index (κ2) is 7.63. The molecule has 0 saturated heterocycles. The van der Waals surface area contributed by atoms with E-state index in [9.17, 15) is 13.6 Å². The molecule has 0 radical (unpaired) electrons. The first kappa shape index (κ1) is 17.2. The Labute approximate surface area is 107 Å². The van der Waals surface area contributed by atoms with Crippen LogP contribution in [0.15, 0.2) is 0 Å². The van der Waals surface area contributed by atoms with Crippen LogP contribution in [0.1, 0.15) is 34.1 Å². The largest absolute Gasteiger partial charge is 0.468 e. The van der Waals surface area contributed by atoms with Crippen LogP contribution in [0, 0.1) is 0 Å². The zero-order chi connectivity index (χ0) is 14.3. The maximum absolute atomic E-state index is 12.0. The summed E-state index contributed by atoms with van der Waals surface area (Å²) < 4.78 is 33.8. The van der Waals surface area contributed by atoms with Crippen molar-refractivity contribution in [2.24, 2.45) is 0 Å². The zero-order valence-electron chi connectivity index (χ0n) is 11.6. The van der Waals surface area contributed by atoms with Gasteiger partial charge in [-0.1, -0.05) is 0 Å². The number of hydrogen-bond donors (Lipinski definition) is 1. The highest BCUT2D eigenvalue weighted by Gasteiger charge is 2.36. The van der Waals surface area contributed by atoms with Crippen LogP contribution in [-0.2, 0) is 14.3 Å². The van der Waals surface area contributed by atoms with Gasteiger partial charge in [0.25, 0.3) is 6.43 Å². The molecule has 0 aliphatic carbocycles. The minimum absolute atomic E-state index is 0.0661. The molecule has 0 bridgehead atoms. The monoisotopic (exact) mass is 267 g/mol. The van der Waals surface area contributed by atoms with Crippen molar-refractivity contribution >= 4 is 5.97 Å². The van der Waals surface area contributed by atoms with E-state index < -0.39 is 30.6 Å². The van der Waals surface area contributed by atoms with Gasteiger partial charge in [-0.3, -0.25) is 10.1 Å². The Bertz CT molecular complexity index is 262. The molecule has 0 spiro atoms. The van der Waals surface area contributed by atoms with Crippen LogP contribution < -0.4 is 5.32 Å². The van der Waals surface area contributed by atoms with Crippen molar-refractivity contribution < 1.29 is 23.0 Å². The zero-order valence-corrected chi connectivity index (χ0v) is 11.6. The summed E-state index contributed by atoms with van der Waals surface area (Å²) in [6.07, 6.45) is -2.70. The number of ether oxygens (including phenoxy) is 2. The van der Waals surface area contributed by atoms with Gasteiger partial charge in [0.1, 0.15) is 12.1 Å². The fraction of sp³-hybridized carbons (Fsp3) is 0.917. The molecule has 0 aliphatic rings. The van der Waals surface area contributed by atoms with Gasteiger partial charge >= 0.3 is 5.97 Å². The third kappa shape index (κ3) is 6.26. The van der Waals surface area contributed by atoms with E-state index >= 15 is 0 Å². The number of hydrogen-bond acceptors (Lipinski definition) is 4. The summed E-state index contributed by atoms with van der Waals surface area (Å²) in [5, 5.41) is 3.08. The summed E-state index contributed by atoms with van der Waals surface area (Å²) in [7, 11) is 1.30. The minimum atomic E-state index is -2.50. The standard InChI is InChI=1S/C12H23F2NO3/c1-8(2)15-12(4,11(16)17-5)6-9(3)18-7-10(13)14/h8-10,15H,6-7H2,1-5H3. The van der Waals surface area contributed by atoms with Crippen molar-refractivity contribution in [1.82, 2.24) is 5.32 Å². The molecule has 0 fully saturated rings. The third-order valence-electron chi connectivity index (χ3n) is 2.45. The molecule has 6 heteroatoms. The molecule has 0 aromatic rings. The molecule has 0 amide bonds. The number of carbonyl (C=O) groups excluding carboxylic acids is 1. The second-order valence-electron chi connectivity index (χ2n) is 4.86. The van der Waals surface area contributed by atoms with Crippen LogP contribution in [-0.4, -0.2) is 43.8 Å². The molecule has 2 unspecified atom stereocenters. The summed E-state index contributed by atoms with van der Waals surface area (Å²) >= 11 is 0. The molecule has 4 nitrogen and oxygen atoms in total. The van der Waals surface area contributed by atoms with E-state index in [4.69, 9.17) is 9.47 Å². The molecule has 108 valence electrons. The lowest BCUT2D eigenvalue weighted by molar-refractivity contribution is -0.150. The Kier molecular flexibility index (Phi) is 7.32. The number of halogens is 2. The first-order valence-electron chi connectivity index (χ1n) is 5.97. The number of methoxy groups -OCH3 is 1. The average molecular weight is 267 g/mol. The molecule has 0 saturated carbocycles. The van der Waals surface area contributed by atoms with Crippen molar-refractivity contribution in [2.45, 2.75) is 58.2 Å². The fourth-order valence-corrected chi connectivity index (χ4v) is 1.93. The van der Waals surface area contributed by atoms with E-state index in [1.807, 2.05) is 13.8 Å². The molecule has 0 rings (SSSR count). The van der Waals surface area contributed by atoms with Gasteiger partial charge in [-0.15, -0.1) is 0 Å². The van der Waals surface area contributed by atoms with E-state index in [0.29, 0.717) is 0 Å². The molecule has 0 aromatic heterocycles. The summed E-state index contributed by atoms with van der Waals surface area (Å²) in [6.45, 7) is 6.50. The second-order valence-corrected chi connectivity index (χ2v) is 4.86. The van der Waals surface area contributed by atoms with Gasteiger partial charge in [-0.25, -0.2) is 8.78 Å². The quantitative estimate of drug-likeness (QED) is 0.683. The Morgan fingerprint density at radius 2 is 1.89 bits per heavy atom. The molecule has 1 N–H and O–H groups in total. The van der Waals surface area contributed by atoms with Crippen LogP contribution in [0.5, 0.6) is 0 Å². The van der Waals surface area contributed by atoms with E-state index in [1.165, 1.54) is 7.11 Å². The Balaban J connectivity index is 4.53. The highest BCUT2D eigenvalue weighted by Crippen LogP contribution is 2.18. The summed E-state index contributed by atoms with van der Waals surface area (Å²) in [6, 6.07) is 0.0661. The van der Waals surface area contributed by atoms with Gasteiger partial charge in [0.2, 0.25) is 0 Å². The predicted octanol–water partition coefficient (Wildman–Crippen LogP) is 1.98. The van der Waals surface area contributed by atoms with Gasteiger partial charge in [0.15, 0.2) is 0 Å². The van der Waals surface area contributed by atoms with Crippen molar-refractivity contribution in [3.05, 3.63) is 0 Å². The number of carbonyl (C=O) groups is 1. The molecular weight excluding hydrogens is 244 g/mol. The third-order valence-corrected chi connectivity index (χ3v) is 2.45. The Morgan fingerprint density at radius 1 is 1.33 bits per heavy atom. The number of alkyl halides is 2. The Morgan fingerprint density at radius 3 is 2.28 bits per heavy atom. The smallest absolute Gasteiger partial charge is 0.325 e. The average Bonchev–Trinajstić information content (AvgIpc) is 2.23. The van der Waals surface area contributed by atoms with Crippen molar-refractivity contribution in [3.8, 4) is 0 Å². The summed E-state index contributed by atoms with van der Waals surface area (Å²) in [5.41, 5.74) is -0.940. The van der Waals surface area contributed by atoms with Crippen LogP contribution in [0.4, 0.5) is 8.78 Å². The van der Waals surface area contributed by atoms with Crippen LogP contribution >= 0.6 is 0 Å². The van der Waals surface area contributed by atoms with Crippen molar-refractivity contribution in [1.29, 1.82) is 0 Å². The highest BCUT2D eigenvalue weighted by atomic mass is 19.3. The van der Waals surface area contributed by atoms with E-state index in [0.717, 1.165) is 0 Å². The first-order valence-corrected chi connectivity index (χ1v) is 5.97. The number of rotatable bonds is 8. The van der Waals surface area contributed by atoms with Gasteiger partial charge in [0, 0.05) is 12.5 Å². The van der Waals surface area contributed by atoms with Gasteiger partial charge in [-0.05, 0) is 27.7 Å². The molecule has 18 heavy (non-hydrogen) atoms. The summed E-state index contributed by atoms with van der Waals surface area (Å²) in [5.74, 6) is -0.427. The fourth-order valence-electron chi connectivity index (χ4n) is 1.93. The first-order chi connectivity index (χ1) is 8.21. The van der Waals surface area contributed by atoms with Crippen LogP contribution in [0.3, 0.4) is 0 Å². The number of nitrogens with one attached hydrogen (secondary N) is 1. The van der Waals surface area contributed by atoms with Gasteiger partial charge in [0.05, 0.1) is 13.2 Å². The molecule has 0 aromatic carbocycles. The predicted molar refractivity (Wildman–Crippen MR) is 64.7 cm³/mol. The normalized spacial score (nSPS) is 16.7. The van der Waals surface area contributed by atoms with E-state index in [2.05, 4.69) is 5.32 Å². The van der Waals surface area contributed by atoms with Crippen LogP contribution in [0.2, 0.25) is 0 Å². The Hall–Kier alpha value is -0.750. The molecular formula is C12H23F2NO3. The summed E-state index contributed by atoms with van der Waals surface area (Å²) in [4.78, 5) is 11.8. The topological polar surface area (TPSA) is 47.6 Å². The molecule has 2 atom stereocenters. The van der Waals surface area contributed by atoms with Crippen molar-refractivity contribution in [2.75, 3.05) is 13.7 Å². The lowest BCUT2D eigenvalue weighted by Crippen LogP contribution is -2.54. The SMILES string of the molecule is COC(=O)C(C)(CC(C)OCC(F)F)NC(C)C. The maximum Gasteiger partial charge on any atom is 0.325 e. The van der Waals surface area contributed by atoms with Gasteiger partial charge in [-0.2, -0.15) is 0 Å². The minimum Gasteiger partial charge on any atom is -0.468 e. The lowest BCUT2D eigenvalue weighted by atomic mass is 9.93. The maximum atomic E-state index is 12.0.